The van der Waals surface area contributed by atoms with Crippen LogP contribution in [0.4, 0.5) is 10.5 Å². The van der Waals surface area contributed by atoms with Crippen LogP contribution < -0.4 is 5.32 Å². The monoisotopic (exact) mass is 280 g/mol. The minimum absolute atomic E-state index is 0.136. The van der Waals surface area contributed by atoms with Gasteiger partial charge in [-0.3, -0.25) is 0 Å². The Hall–Kier alpha value is -2.54. The van der Waals surface area contributed by atoms with Crippen molar-refractivity contribution in [1.82, 2.24) is 4.90 Å². The molecule has 7 heteroatoms. The van der Waals surface area contributed by atoms with E-state index in [0.29, 0.717) is 0 Å². The zero-order valence-electron chi connectivity index (χ0n) is 10.7. The Morgan fingerprint density at radius 3 is 2.60 bits per heavy atom. The van der Waals surface area contributed by atoms with Gasteiger partial charge in [0, 0.05) is 24.8 Å². The maximum atomic E-state index is 11.9. The van der Waals surface area contributed by atoms with Crippen molar-refractivity contribution in [1.29, 1.82) is 0 Å². The number of hydrogen-bond acceptors (Lipinski definition) is 4. The smallest absolute Gasteiger partial charge is 0.339 e. The number of aromatic carboxylic acids is 1. The van der Waals surface area contributed by atoms with Gasteiger partial charge < -0.3 is 25.5 Å². The van der Waals surface area contributed by atoms with Crippen LogP contribution in [0.1, 0.15) is 10.4 Å². The molecule has 0 spiro atoms. The van der Waals surface area contributed by atoms with Gasteiger partial charge in [-0.1, -0.05) is 6.08 Å². The molecule has 0 unspecified atom stereocenters. The SMILES string of the molecule is C=CCN(CCO)C(=O)Nc1ccc(C(=O)O)c(O)c1. The minimum Gasteiger partial charge on any atom is -0.507 e. The van der Waals surface area contributed by atoms with Crippen LogP contribution in [0.25, 0.3) is 0 Å². The zero-order chi connectivity index (χ0) is 15.1. The summed E-state index contributed by atoms with van der Waals surface area (Å²) in [5.74, 6) is -1.69. The predicted octanol–water partition coefficient (Wildman–Crippen LogP) is 1.10. The molecule has 0 radical (unpaired) electrons. The second kappa shape index (κ2) is 7.15. The lowest BCUT2D eigenvalue weighted by Crippen LogP contribution is -2.37. The molecule has 0 saturated heterocycles. The average molecular weight is 280 g/mol. The molecular weight excluding hydrogens is 264 g/mol. The average Bonchev–Trinajstić information content (AvgIpc) is 2.38. The zero-order valence-corrected chi connectivity index (χ0v) is 10.7. The summed E-state index contributed by atoms with van der Waals surface area (Å²) in [5.41, 5.74) is 0.00538. The van der Waals surface area contributed by atoms with Crippen molar-refractivity contribution in [3.05, 3.63) is 36.4 Å². The molecule has 1 aromatic rings. The van der Waals surface area contributed by atoms with Crippen molar-refractivity contribution in [2.75, 3.05) is 25.0 Å². The number of nitrogens with one attached hydrogen (secondary N) is 1. The van der Waals surface area contributed by atoms with Gasteiger partial charge in [0.1, 0.15) is 11.3 Å². The fourth-order valence-corrected chi connectivity index (χ4v) is 1.55. The van der Waals surface area contributed by atoms with E-state index in [0.717, 1.165) is 6.07 Å². The van der Waals surface area contributed by atoms with Crippen molar-refractivity contribution in [2.24, 2.45) is 0 Å². The van der Waals surface area contributed by atoms with Crippen LogP contribution in [-0.2, 0) is 0 Å². The first kappa shape index (κ1) is 15.5. The van der Waals surface area contributed by atoms with Crippen LogP contribution in [-0.4, -0.2) is 51.9 Å². The molecule has 0 bridgehead atoms. The highest BCUT2D eigenvalue weighted by Gasteiger charge is 2.14. The van der Waals surface area contributed by atoms with Gasteiger partial charge in [0.25, 0.3) is 0 Å². The molecule has 0 atom stereocenters. The summed E-state index contributed by atoms with van der Waals surface area (Å²) in [5, 5.41) is 29.6. The fraction of sp³-hybridized carbons (Fsp3) is 0.231. The molecule has 0 fully saturated rings. The lowest BCUT2D eigenvalue weighted by atomic mass is 10.2. The van der Waals surface area contributed by atoms with E-state index in [9.17, 15) is 14.7 Å². The predicted molar refractivity (Wildman–Crippen MR) is 72.9 cm³/mol. The molecular formula is C13H16N2O5. The highest BCUT2D eigenvalue weighted by atomic mass is 16.4. The quantitative estimate of drug-likeness (QED) is 0.583. The highest BCUT2D eigenvalue weighted by molar-refractivity contribution is 5.94. The van der Waals surface area contributed by atoms with E-state index in [1.54, 1.807) is 0 Å². The van der Waals surface area contributed by atoms with Crippen LogP contribution in [0.15, 0.2) is 30.9 Å². The van der Waals surface area contributed by atoms with Crippen molar-refractivity contribution in [3.8, 4) is 5.75 Å². The summed E-state index contributed by atoms with van der Waals surface area (Å²) in [6, 6.07) is 3.22. The van der Waals surface area contributed by atoms with E-state index in [2.05, 4.69) is 11.9 Å². The fourth-order valence-electron chi connectivity index (χ4n) is 1.55. The van der Waals surface area contributed by atoms with Crippen LogP contribution in [0.3, 0.4) is 0 Å². The van der Waals surface area contributed by atoms with Gasteiger partial charge >= 0.3 is 12.0 Å². The molecule has 0 heterocycles. The van der Waals surface area contributed by atoms with Crippen molar-refractivity contribution in [3.63, 3.8) is 0 Å². The summed E-state index contributed by atoms with van der Waals surface area (Å²) in [7, 11) is 0. The number of carboxylic acids is 1. The lowest BCUT2D eigenvalue weighted by Gasteiger charge is -2.20. The van der Waals surface area contributed by atoms with Gasteiger partial charge in [-0.25, -0.2) is 9.59 Å². The number of carboxylic acid groups (broad SMARTS) is 1. The van der Waals surface area contributed by atoms with Crippen LogP contribution in [0.2, 0.25) is 0 Å². The third kappa shape index (κ3) is 3.99. The van der Waals surface area contributed by atoms with Crippen LogP contribution in [0, 0.1) is 0 Å². The minimum atomic E-state index is -1.26. The number of urea groups is 1. The number of rotatable bonds is 6. The van der Waals surface area contributed by atoms with E-state index in [-0.39, 0.29) is 30.9 Å². The maximum absolute atomic E-state index is 11.9. The standard InChI is InChI=1S/C13H16N2O5/c1-2-5-15(6-7-16)13(20)14-9-3-4-10(12(18)19)11(17)8-9/h2-4,8,16-17H,1,5-7H2,(H,14,20)(H,18,19). The first-order chi connectivity index (χ1) is 9.49. The summed E-state index contributed by atoms with van der Waals surface area (Å²) in [6.07, 6.45) is 1.51. The van der Waals surface area contributed by atoms with Gasteiger partial charge in [-0.15, -0.1) is 6.58 Å². The normalized spacial score (nSPS) is 9.85. The van der Waals surface area contributed by atoms with Crippen LogP contribution >= 0.6 is 0 Å². The summed E-state index contributed by atoms with van der Waals surface area (Å²) < 4.78 is 0. The Labute approximate surface area is 115 Å². The first-order valence-corrected chi connectivity index (χ1v) is 5.83. The molecule has 7 nitrogen and oxygen atoms in total. The Bertz CT molecular complexity index is 515. The van der Waals surface area contributed by atoms with E-state index < -0.39 is 17.7 Å². The van der Waals surface area contributed by atoms with Gasteiger partial charge in [0.15, 0.2) is 0 Å². The van der Waals surface area contributed by atoms with Crippen molar-refractivity contribution < 1.29 is 24.9 Å². The molecule has 1 rings (SSSR count). The summed E-state index contributed by atoms with van der Waals surface area (Å²) in [4.78, 5) is 23.9. The number of carbonyl (C=O) groups is 2. The molecule has 4 N–H and O–H groups in total. The third-order valence-corrected chi connectivity index (χ3v) is 2.49. The Balaban J connectivity index is 2.81. The number of aromatic hydroxyl groups is 1. The topological polar surface area (TPSA) is 110 Å². The molecule has 2 amide bonds. The number of carbonyl (C=O) groups excluding carboxylic acids is 1. The number of amides is 2. The second-order valence-corrected chi connectivity index (χ2v) is 3.93. The molecule has 0 aliphatic heterocycles. The van der Waals surface area contributed by atoms with E-state index in [1.165, 1.54) is 23.1 Å². The van der Waals surface area contributed by atoms with E-state index in [1.807, 2.05) is 0 Å². The first-order valence-electron chi connectivity index (χ1n) is 5.83. The Morgan fingerprint density at radius 1 is 1.40 bits per heavy atom. The largest absolute Gasteiger partial charge is 0.507 e. The molecule has 0 aromatic heterocycles. The number of benzene rings is 1. The highest BCUT2D eigenvalue weighted by Crippen LogP contribution is 2.22. The van der Waals surface area contributed by atoms with Gasteiger partial charge in [-0.05, 0) is 12.1 Å². The lowest BCUT2D eigenvalue weighted by molar-refractivity contribution is 0.0694. The van der Waals surface area contributed by atoms with Crippen molar-refractivity contribution in [2.45, 2.75) is 0 Å². The maximum Gasteiger partial charge on any atom is 0.339 e. The van der Waals surface area contributed by atoms with E-state index >= 15 is 0 Å². The third-order valence-electron chi connectivity index (χ3n) is 2.49. The van der Waals surface area contributed by atoms with Crippen molar-refractivity contribution >= 4 is 17.7 Å². The second-order valence-electron chi connectivity index (χ2n) is 3.93. The number of aliphatic hydroxyl groups is 1. The Morgan fingerprint density at radius 2 is 2.10 bits per heavy atom. The van der Waals surface area contributed by atoms with Crippen LogP contribution in [0.5, 0.6) is 5.75 Å². The molecule has 108 valence electrons. The Kier molecular flexibility index (Phi) is 5.55. The number of anilines is 1. The summed E-state index contributed by atoms with van der Waals surface area (Å²) >= 11 is 0. The number of aliphatic hydroxyl groups excluding tert-OH is 1. The number of nitrogens with zero attached hydrogens (tertiary/aromatic N) is 1. The number of hydrogen-bond donors (Lipinski definition) is 4. The summed E-state index contributed by atoms with van der Waals surface area (Å²) in [6.45, 7) is 3.71. The van der Waals surface area contributed by atoms with Gasteiger partial charge in [0.05, 0.1) is 6.61 Å². The molecule has 0 aliphatic rings. The van der Waals surface area contributed by atoms with Gasteiger partial charge in [0.2, 0.25) is 0 Å². The molecule has 0 aliphatic carbocycles. The van der Waals surface area contributed by atoms with E-state index in [4.69, 9.17) is 10.2 Å². The van der Waals surface area contributed by atoms with Gasteiger partial charge in [-0.2, -0.15) is 0 Å². The molecule has 20 heavy (non-hydrogen) atoms. The molecule has 0 saturated carbocycles. The number of phenols is 1. The molecule has 1 aromatic carbocycles.